The minimum absolute atomic E-state index is 0. The largest absolute Gasteiger partial charge is 1.00 e. The third-order valence-electron chi connectivity index (χ3n) is 6.54. The summed E-state index contributed by atoms with van der Waals surface area (Å²) in [5, 5.41) is 2.91. The number of carbonyl (C=O) groups is 1. The quantitative estimate of drug-likeness (QED) is 0.129. The van der Waals surface area contributed by atoms with Crippen molar-refractivity contribution in [1.29, 1.82) is 0 Å². The summed E-state index contributed by atoms with van der Waals surface area (Å²) in [5.74, 6) is 1.54. The van der Waals surface area contributed by atoms with Crippen molar-refractivity contribution in [2.45, 2.75) is 90.4 Å². The zero-order chi connectivity index (χ0) is 26.6. The Morgan fingerprint density at radius 1 is 0.816 bits per heavy atom. The molecule has 6 nitrogen and oxygen atoms in total. The Morgan fingerprint density at radius 2 is 1.37 bits per heavy atom. The van der Waals surface area contributed by atoms with Crippen molar-refractivity contribution in [1.82, 2.24) is 5.32 Å². The summed E-state index contributed by atoms with van der Waals surface area (Å²) in [7, 11) is 3.58. The van der Waals surface area contributed by atoms with Gasteiger partial charge in [-0.25, -0.2) is 4.57 Å². The van der Waals surface area contributed by atoms with Gasteiger partial charge in [0.15, 0.2) is 30.5 Å². The van der Waals surface area contributed by atoms with Gasteiger partial charge in [-0.3, -0.25) is 4.79 Å². The average Bonchev–Trinajstić information content (AvgIpc) is 2.91. The highest BCUT2D eigenvalue weighted by Gasteiger charge is 2.13. The normalized spacial score (nSPS) is 10.5. The number of hydrogen-bond acceptors (Lipinski definition) is 4. The molecule has 2 aromatic rings. The SMILES string of the molecule is CCCCCCCCCCCCCCOc1cccc(OCC(=O)NCCc2cc[n+](C)cc2)c1OC.[I-]. The first-order valence-corrected chi connectivity index (χ1v) is 14.3. The molecule has 7 heteroatoms. The van der Waals surface area contributed by atoms with Crippen molar-refractivity contribution in [3.63, 3.8) is 0 Å². The van der Waals surface area contributed by atoms with Crippen LogP contribution in [0.15, 0.2) is 42.7 Å². The van der Waals surface area contributed by atoms with Crippen LogP contribution in [0.1, 0.15) is 89.5 Å². The lowest BCUT2D eigenvalue weighted by atomic mass is 10.1. The summed E-state index contributed by atoms with van der Waals surface area (Å²) in [6.07, 6.45) is 20.6. The molecule has 1 amide bonds. The molecule has 1 aromatic heterocycles. The van der Waals surface area contributed by atoms with Crippen LogP contribution in [0.5, 0.6) is 17.2 Å². The van der Waals surface area contributed by atoms with Crippen molar-refractivity contribution < 1.29 is 47.5 Å². The third kappa shape index (κ3) is 14.8. The van der Waals surface area contributed by atoms with Crippen molar-refractivity contribution in [3.8, 4) is 17.2 Å². The van der Waals surface area contributed by atoms with Crippen molar-refractivity contribution >= 4 is 5.91 Å². The first-order valence-electron chi connectivity index (χ1n) is 14.3. The van der Waals surface area contributed by atoms with Crippen LogP contribution in [0.3, 0.4) is 0 Å². The Hall–Kier alpha value is -2.03. The third-order valence-corrected chi connectivity index (χ3v) is 6.54. The van der Waals surface area contributed by atoms with Crippen LogP contribution >= 0.6 is 0 Å². The fourth-order valence-corrected chi connectivity index (χ4v) is 4.29. The van der Waals surface area contributed by atoms with Crippen LogP contribution in [0.25, 0.3) is 0 Å². The molecule has 0 unspecified atom stereocenters. The molecular formula is C31H49IN2O4. The lowest BCUT2D eigenvalue weighted by Gasteiger charge is -2.15. The molecule has 38 heavy (non-hydrogen) atoms. The van der Waals surface area contributed by atoms with Crippen LogP contribution in [-0.4, -0.2) is 32.8 Å². The summed E-state index contributed by atoms with van der Waals surface area (Å²) in [6, 6.07) is 9.65. The highest BCUT2D eigenvalue weighted by Crippen LogP contribution is 2.37. The topological polar surface area (TPSA) is 60.7 Å². The van der Waals surface area contributed by atoms with Crippen LogP contribution < -0.4 is 48.1 Å². The van der Waals surface area contributed by atoms with E-state index in [2.05, 4.69) is 24.4 Å². The number of aromatic nitrogens is 1. The summed E-state index contributed by atoms with van der Waals surface area (Å²) < 4.78 is 19.3. The highest BCUT2D eigenvalue weighted by atomic mass is 127. The number of amides is 1. The van der Waals surface area contributed by atoms with E-state index >= 15 is 0 Å². The summed E-state index contributed by atoms with van der Waals surface area (Å²) in [4.78, 5) is 12.2. The number of halogens is 1. The van der Waals surface area contributed by atoms with Gasteiger partial charge in [0.05, 0.1) is 13.7 Å². The van der Waals surface area contributed by atoms with Crippen LogP contribution in [0.4, 0.5) is 0 Å². The highest BCUT2D eigenvalue weighted by molar-refractivity contribution is 5.77. The van der Waals surface area contributed by atoms with Gasteiger partial charge in [0.25, 0.3) is 5.91 Å². The van der Waals surface area contributed by atoms with Gasteiger partial charge in [-0.2, -0.15) is 0 Å². The zero-order valence-corrected chi connectivity index (χ0v) is 26.0. The molecule has 1 heterocycles. The molecule has 214 valence electrons. The maximum absolute atomic E-state index is 12.2. The molecule has 0 atom stereocenters. The fourth-order valence-electron chi connectivity index (χ4n) is 4.29. The number of nitrogens with zero attached hydrogens (tertiary/aromatic N) is 1. The van der Waals surface area contributed by atoms with E-state index in [4.69, 9.17) is 14.2 Å². The predicted molar refractivity (Wildman–Crippen MR) is 149 cm³/mol. The number of nitrogens with one attached hydrogen (secondary N) is 1. The van der Waals surface area contributed by atoms with Crippen molar-refractivity contribution in [2.24, 2.45) is 7.05 Å². The van der Waals surface area contributed by atoms with Crippen molar-refractivity contribution in [3.05, 3.63) is 48.3 Å². The van der Waals surface area contributed by atoms with E-state index in [9.17, 15) is 4.79 Å². The van der Waals surface area contributed by atoms with Gasteiger partial charge in [-0.15, -0.1) is 0 Å². The monoisotopic (exact) mass is 640 g/mol. The number of unbranched alkanes of at least 4 members (excludes halogenated alkanes) is 11. The smallest absolute Gasteiger partial charge is 0.257 e. The second-order valence-corrected chi connectivity index (χ2v) is 9.79. The second-order valence-electron chi connectivity index (χ2n) is 9.79. The number of hydrogen-bond donors (Lipinski definition) is 1. The molecule has 0 bridgehead atoms. The predicted octanol–water partition coefficient (Wildman–Crippen LogP) is 3.34. The molecule has 1 aromatic carbocycles. The van der Waals surface area contributed by atoms with Gasteiger partial charge >= 0.3 is 0 Å². The van der Waals surface area contributed by atoms with Gasteiger partial charge in [0.1, 0.15) is 7.05 Å². The van der Waals surface area contributed by atoms with Crippen LogP contribution in [-0.2, 0) is 18.3 Å². The minimum atomic E-state index is -0.161. The Labute approximate surface area is 247 Å². The van der Waals surface area contributed by atoms with E-state index in [-0.39, 0.29) is 36.5 Å². The van der Waals surface area contributed by atoms with Crippen LogP contribution in [0, 0.1) is 0 Å². The second kappa shape index (κ2) is 21.9. The molecule has 1 N–H and O–H groups in total. The van der Waals surface area contributed by atoms with Crippen LogP contribution in [0.2, 0.25) is 0 Å². The molecule has 0 fully saturated rings. The van der Waals surface area contributed by atoms with Gasteiger partial charge < -0.3 is 43.5 Å². The van der Waals surface area contributed by atoms with Gasteiger partial charge in [-0.05, 0) is 30.5 Å². The number of benzene rings is 1. The Bertz CT molecular complexity index is 877. The first-order chi connectivity index (χ1) is 18.1. The molecule has 0 aliphatic carbocycles. The number of ether oxygens (including phenoxy) is 3. The molecular weight excluding hydrogens is 591 g/mol. The average molecular weight is 641 g/mol. The van der Waals surface area contributed by atoms with E-state index in [1.54, 1.807) is 13.2 Å². The maximum atomic E-state index is 12.2. The number of para-hydroxylation sites is 1. The summed E-state index contributed by atoms with van der Waals surface area (Å²) in [5.41, 5.74) is 1.18. The number of carbonyl (C=O) groups excluding carboxylic acids is 1. The van der Waals surface area contributed by atoms with Gasteiger partial charge in [0.2, 0.25) is 5.75 Å². The van der Waals surface area contributed by atoms with E-state index < -0.39 is 0 Å². The Morgan fingerprint density at radius 3 is 1.95 bits per heavy atom. The number of methoxy groups -OCH3 is 1. The first kappa shape index (κ1) is 34.0. The number of rotatable bonds is 21. The Kier molecular flexibility index (Phi) is 19.6. The lowest BCUT2D eigenvalue weighted by Crippen LogP contribution is -3.00. The van der Waals surface area contributed by atoms with Gasteiger partial charge in [0, 0.05) is 18.7 Å². The molecule has 0 aliphatic heterocycles. The zero-order valence-electron chi connectivity index (χ0n) is 23.8. The number of aryl methyl sites for hydroxylation is 1. The molecule has 0 saturated heterocycles. The molecule has 0 spiro atoms. The van der Waals surface area contributed by atoms with E-state index in [1.165, 1.54) is 76.2 Å². The standard InChI is InChI=1S/C31H48N2O4.HI/c1-4-5-6-7-8-9-10-11-12-13-14-15-25-36-28-17-16-18-29(31(28)35-3)37-26-30(34)32-22-19-27-20-23-33(2)24-21-27;/h16-18,20-21,23-24H,4-15,19,22,25-26H2,1-3H3;1H. The van der Waals surface area contributed by atoms with E-state index in [0.29, 0.717) is 30.4 Å². The lowest BCUT2D eigenvalue weighted by molar-refractivity contribution is -0.671. The van der Waals surface area contributed by atoms with E-state index in [0.717, 1.165) is 12.8 Å². The number of pyridine rings is 1. The summed E-state index contributed by atoms with van der Waals surface area (Å²) in [6.45, 7) is 3.41. The molecule has 0 radical (unpaired) electrons. The molecule has 0 aliphatic rings. The van der Waals surface area contributed by atoms with Gasteiger partial charge in [-0.1, -0.05) is 83.6 Å². The minimum Gasteiger partial charge on any atom is -1.00 e. The van der Waals surface area contributed by atoms with Crippen molar-refractivity contribution in [2.75, 3.05) is 26.9 Å². The maximum Gasteiger partial charge on any atom is 0.257 e. The fraction of sp³-hybridized carbons (Fsp3) is 0.613. The molecule has 0 saturated carbocycles. The molecule has 2 rings (SSSR count). The van der Waals surface area contributed by atoms with E-state index in [1.807, 2.05) is 36.1 Å². The summed E-state index contributed by atoms with van der Waals surface area (Å²) >= 11 is 0. The Balaban J connectivity index is 0.00000722.